The number of aromatic amines is 1. The van der Waals surface area contributed by atoms with Gasteiger partial charge in [-0.25, -0.2) is 4.79 Å². The number of carbonyl (C=O) groups is 1. The number of hydrogen-bond acceptors (Lipinski definition) is 2. The van der Waals surface area contributed by atoms with Crippen molar-refractivity contribution in [2.24, 2.45) is 0 Å². The van der Waals surface area contributed by atoms with Crippen LogP contribution in [0.3, 0.4) is 0 Å². The molecular formula is C8H10Br2ClNO2. The summed E-state index contributed by atoms with van der Waals surface area (Å²) in [5.41, 5.74) is 1.11. The lowest BCUT2D eigenvalue weighted by molar-refractivity contribution is 0.0519. The third kappa shape index (κ3) is 2.74. The zero-order chi connectivity index (χ0) is 10.0. The second-order valence-electron chi connectivity index (χ2n) is 2.47. The fourth-order valence-corrected chi connectivity index (χ4v) is 1.62. The number of carbonyl (C=O) groups excluding carboxylic acids is 1. The molecule has 1 N–H and O–H groups in total. The number of rotatable bonds is 2. The van der Waals surface area contributed by atoms with Gasteiger partial charge in [-0.05, 0) is 29.8 Å². The number of aromatic nitrogens is 1. The Hall–Kier alpha value is -0.0000000000000000555. The lowest BCUT2D eigenvalue weighted by Crippen LogP contribution is -2.05. The summed E-state index contributed by atoms with van der Waals surface area (Å²) in [4.78, 5) is 14.1. The Balaban J connectivity index is 0.00000169. The van der Waals surface area contributed by atoms with Gasteiger partial charge in [0.05, 0.1) is 16.1 Å². The van der Waals surface area contributed by atoms with E-state index < -0.39 is 5.97 Å². The van der Waals surface area contributed by atoms with Gasteiger partial charge in [-0.3, -0.25) is 0 Å². The van der Waals surface area contributed by atoms with Gasteiger partial charge in [0.15, 0.2) is 0 Å². The highest BCUT2D eigenvalue weighted by Gasteiger charge is 2.17. The van der Waals surface area contributed by atoms with Gasteiger partial charge in [-0.15, -0.1) is 17.0 Å². The minimum absolute atomic E-state index is 0. The predicted molar refractivity (Wildman–Crippen MR) is 64.5 cm³/mol. The van der Waals surface area contributed by atoms with Crippen molar-refractivity contribution in [1.82, 2.24) is 4.98 Å². The second-order valence-corrected chi connectivity index (χ2v) is 3.64. The molecule has 1 rings (SSSR count). The maximum absolute atomic E-state index is 11.3. The van der Waals surface area contributed by atoms with E-state index in [1.54, 1.807) is 13.8 Å². The fourth-order valence-electron chi connectivity index (χ4n) is 0.916. The normalized spacial score (nSPS) is 9.43. The van der Waals surface area contributed by atoms with Crippen LogP contribution in [0.1, 0.15) is 23.1 Å². The van der Waals surface area contributed by atoms with Gasteiger partial charge in [0.25, 0.3) is 0 Å². The molecule has 1 heterocycles. The molecule has 3 nitrogen and oxygen atoms in total. The average Bonchev–Trinajstić information content (AvgIpc) is 2.33. The van der Waals surface area contributed by atoms with Crippen LogP contribution in [-0.2, 0) is 4.74 Å². The molecule has 0 unspecified atom stereocenters. The van der Waals surface area contributed by atoms with E-state index in [0.29, 0.717) is 21.8 Å². The second kappa shape index (κ2) is 5.78. The van der Waals surface area contributed by atoms with Crippen molar-refractivity contribution >= 4 is 50.5 Å². The SMILES string of the molecule is Br.CCOC(=O)c1[nH]c(C)c(Cl)c1Br. The Labute approximate surface area is 106 Å². The molecule has 0 spiro atoms. The van der Waals surface area contributed by atoms with E-state index >= 15 is 0 Å². The van der Waals surface area contributed by atoms with E-state index in [0.717, 1.165) is 5.69 Å². The standard InChI is InChI=1S/C8H9BrClNO2.BrH/c1-3-13-8(12)7-5(9)6(10)4(2)11-7;/h11H,3H2,1-2H3;1H. The van der Waals surface area contributed by atoms with Gasteiger partial charge in [0.1, 0.15) is 5.69 Å². The summed E-state index contributed by atoms with van der Waals surface area (Å²) in [6, 6.07) is 0. The van der Waals surface area contributed by atoms with Crippen molar-refractivity contribution in [2.75, 3.05) is 6.61 Å². The van der Waals surface area contributed by atoms with Crippen LogP contribution in [0.25, 0.3) is 0 Å². The summed E-state index contributed by atoms with van der Waals surface area (Å²) >= 11 is 9.06. The fraction of sp³-hybridized carbons (Fsp3) is 0.375. The molecule has 14 heavy (non-hydrogen) atoms. The summed E-state index contributed by atoms with van der Waals surface area (Å²) in [7, 11) is 0. The molecule has 0 aromatic carbocycles. The molecular weight excluding hydrogens is 337 g/mol. The van der Waals surface area contributed by atoms with Gasteiger partial charge >= 0.3 is 5.97 Å². The largest absolute Gasteiger partial charge is 0.461 e. The first-order valence-corrected chi connectivity index (χ1v) is 4.95. The van der Waals surface area contributed by atoms with E-state index in [1.807, 2.05) is 0 Å². The maximum Gasteiger partial charge on any atom is 0.355 e. The van der Waals surface area contributed by atoms with Crippen LogP contribution in [0.5, 0.6) is 0 Å². The van der Waals surface area contributed by atoms with E-state index in [2.05, 4.69) is 20.9 Å². The molecule has 0 atom stereocenters. The Bertz CT molecular complexity index is 338. The highest BCUT2D eigenvalue weighted by Crippen LogP contribution is 2.29. The van der Waals surface area contributed by atoms with Crippen molar-refractivity contribution in [3.8, 4) is 0 Å². The maximum atomic E-state index is 11.3. The molecule has 1 aromatic rings. The van der Waals surface area contributed by atoms with Gasteiger partial charge in [0.2, 0.25) is 0 Å². The van der Waals surface area contributed by atoms with E-state index in [-0.39, 0.29) is 17.0 Å². The molecule has 80 valence electrons. The van der Waals surface area contributed by atoms with Gasteiger partial charge < -0.3 is 9.72 Å². The minimum atomic E-state index is -0.399. The predicted octanol–water partition coefficient (Wildman–Crippen LogP) is 3.49. The molecule has 0 aliphatic heterocycles. The van der Waals surface area contributed by atoms with Gasteiger partial charge in [0, 0.05) is 5.69 Å². The third-order valence-electron chi connectivity index (χ3n) is 1.53. The highest BCUT2D eigenvalue weighted by molar-refractivity contribution is 9.10. The summed E-state index contributed by atoms with van der Waals surface area (Å²) in [5, 5.41) is 0.517. The minimum Gasteiger partial charge on any atom is -0.461 e. The molecule has 0 aliphatic carbocycles. The Morgan fingerprint density at radius 2 is 2.21 bits per heavy atom. The van der Waals surface area contributed by atoms with E-state index in [4.69, 9.17) is 16.3 Å². The topological polar surface area (TPSA) is 42.1 Å². The van der Waals surface area contributed by atoms with E-state index in [9.17, 15) is 4.79 Å². The molecule has 0 saturated heterocycles. The first-order valence-electron chi connectivity index (χ1n) is 3.78. The Morgan fingerprint density at radius 1 is 1.64 bits per heavy atom. The zero-order valence-electron chi connectivity index (χ0n) is 7.69. The number of nitrogens with one attached hydrogen (secondary N) is 1. The van der Waals surface area contributed by atoms with Crippen molar-refractivity contribution in [1.29, 1.82) is 0 Å². The van der Waals surface area contributed by atoms with Crippen molar-refractivity contribution in [3.63, 3.8) is 0 Å². The molecule has 0 amide bonds. The Kier molecular flexibility index (Phi) is 5.78. The zero-order valence-corrected chi connectivity index (χ0v) is 11.7. The average molecular weight is 347 g/mol. The molecule has 6 heteroatoms. The smallest absolute Gasteiger partial charge is 0.355 e. The number of aryl methyl sites for hydroxylation is 1. The lowest BCUT2D eigenvalue weighted by Gasteiger charge is -1.98. The summed E-state index contributed by atoms with van der Waals surface area (Å²) in [5.74, 6) is -0.399. The first kappa shape index (κ1) is 14.0. The Morgan fingerprint density at radius 3 is 2.57 bits per heavy atom. The molecule has 1 aromatic heterocycles. The van der Waals surface area contributed by atoms with Crippen LogP contribution >= 0.6 is 44.5 Å². The van der Waals surface area contributed by atoms with Crippen LogP contribution in [0.2, 0.25) is 5.02 Å². The van der Waals surface area contributed by atoms with Crippen LogP contribution in [0, 0.1) is 6.92 Å². The van der Waals surface area contributed by atoms with Gasteiger partial charge in [-0.1, -0.05) is 11.6 Å². The molecule has 0 radical (unpaired) electrons. The van der Waals surface area contributed by atoms with Crippen molar-refractivity contribution < 1.29 is 9.53 Å². The highest BCUT2D eigenvalue weighted by atomic mass is 79.9. The number of esters is 1. The lowest BCUT2D eigenvalue weighted by atomic mass is 10.4. The van der Waals surface area contributed by atoms with Crippen molar-refractivity contribution in [3.05, 3.63) is 20.9 Å². The quantitative estimate of drug-likeness (QED) is 0.832. The summed E-state index contributed by atoms with van der Waals surface area (Å²) in [6.45, 7) is 3.89. The van der Waals surface area contributed by atoms with Crippen LogP contribution in [-0.4, -0.2) is 17.6 Å². The van der Waals surface area contributed by atoms with Crippen LogP contribution in [0.15, 0.2) is 4.47 Å². The van der Waals surface area contributed by atoms with Crippen molar-refractivity contribution in [2.45, 2.75) is 13.8 Å². The first-order chi connectivity index (χ1) is 6.07. The molecule has 0 saturated carbocycles. The third-order valence-corrected chi connectivity index (χ3v) is 3.03. The molecule has 0 fully saturated rings. The van der Waals surface area contributed by atoms with Gasteiger partial charge in [-0.2, -0.15) is 0 Å². The molecule has 0 aliphatic rings. The summed E-state index contributed by atoms with van der Waals surface area (Å²) in [6.07, 6.45) is 0. The number of ether oxygens (including phenoxy) is 1. The number of H-pyrrole nitrogens is 1. The number of halogens is 3. The summed E-state index contributed by atoms with van der Waals surface area (Å²) < 4.78 is 5.38. The number of hydrogen-bond donors (Lipinski definition) is 1. The van der Waals surface area contributed by atoms with Crippen LogP contribution < -0.4 is 0 Å². The molecule has 0 bridgehead atoms. The monoisotopic (exact) mass is 345 g/mol. The van der Waals surface area contributed by atoms with Crippen LogP contribution in [0.4, 0.5) is 0 Å². The van der Waals surface area contributed by atoms with E-state index in [1.165, 1.54) is 0 Å².